The Morgan fingerprint density at radius 3 is 2.61 bits per heavy atom. The van der Waals surface area contributed by atoms with Gasteiger partial charge in [0.1, 0.15) is 11.9 Å². The fraction of sp³-hybridized carbons (Fsp3) is 0.250. The van der Waals surface area contributed by atoms with Crippen LogP contribution in [0.15, 0.2) is 48.5 Å². The Morgan fingerprint density at radius 2 is 1.78 bits per heavy atom. The van der Waals surface area contributed by atoms with Crippen LogP contribution in [0, 0.1) is 0 Å². The maximum atomic E-state index is 6.08. The summed E-state index contributed by atoms with van der Waals surface area (Å²) >= 11 is 0. The second-order valence-corrected chi connectivity index (χ2v) is 4.77. The van der Waals surface area contributed by atoms with Crippen molar-refractivity contribution in [2.45, 2.75) is 25.4 Å². The number of rotatable bonds is 2. The highest BCUT2D eigenvalue weighted by atomic mass is 16.5. The van der Waals surface area contributed by atoms with Gasteiger partial charge in [-0.3, -0.25) is 0 Å². The minimum Gasteiger partial charge on any atom is -0.486 e. The van der Waals surface area contributed by atoms with Crippen LogP contribution in [-0.4, -0.2) is 0 Å². The van der Waals surface area contributed by atoms with Gasteiger partial charge < -0.3 is 10.5 Å². The Balaban J connectivity index is 1.84. The summed E-state index contributed by atoms with van der Waals surface area (Å²) in [5, 5.41) is 0. The van der Waals surface area contributed by atoms with E-state index in [9.17, 15) is 0 Å². The summed E-state index contributed by atoms with van der Waals surface area (Å²) in [6.45, 7) is 0. The van der Waals surface area contributed by atoms with Crippen molar-refractivity contribution in [3.63, 3.8) is 0 Å². The number of nitrogens with two attached hydrogens (primary N) is 1. The standard InChI is InChI=1S/C16H17NO/c17-13-8-10-14(11-9-13)18-16-7-3-5-12-4-1-2-6-15(12)16/h1-2,4,6,8-11,16H,3,5,7,17H2. The second kappa shape index (κ2) is 4.73. The van der Waals surface area contributed by atoms with Gasteiger partial charge in [0, 0.05) is 5.69 Å². The normalized spacial score (nSPS) is 18.1. The first-order valence-corrected chi connectivity index (χ1v) is 6.43. The quantitative estimate of drug-likeness (QED) is 0.810. The van der Waals surface area contributed by atoms with Gasteiger partial charge in [0.15, 0.2) is 0 Å². The van der Waals surface area contributed by atoms with E-state index in [0.29, 0.717) is 0 Å². The van der Waals surface area contributed by atoms with E-state index >= 15 is 0 Å². The molecule has 0 heterocycles. The molecule has 1 atom stereocenters. The number of aryl methyl sites for hydroxylation is 1. The lowest BCUT2D eigenvalue weighted by molar-refractivity contribution is 0.183. The number of anilines is 1. The summed E-state index contributed by atoms with van der Waals surface area (Å²) in [6.07, 6.45) is 3.62. The molecule has 0 amide bonds. The molecule has 2 aromatic rings. The highest BCUT2D eigenvalue weighted by molar-refractivity contribution is 5.42. The summed E-state index contributed by atoms with van der Waals surface area (Å²) < 4.78 is 6.08. The topological polar surface area (TPSA) is 35.2 Å². The summed E-state index contributed by atoms with van der Waals surface area (Å²) in [6, 6.07) is 16.2. The molecule has 1 aliphatic carbocycles. The Labute approximate surface area is 107 Å². The van der Waals surface area contributed by atoms with E-state index in [-0.39, 0.29) is 6.10 Å². The first-order valence-electron chi connectivity index (χ1n) is 6.43. The van der Waals surface area contributed by atoms with Gasteiger partial charge in [-0.2, -0.15) is 0 Å². The van der Waals surface area contributed by atoms with E-state index in [4.69, 9.17) is 10.5 Å². The minimum atomic E-state index is 0.179. The van der Waals surface area contributed by atoms with Crippen molar-refractivity contribution in [3.8, 4) is 5.75 Å². The number of hydrogen-bond acceptors (Lipinski definition) is 2. The van der Waals surface area contributed by atoms with Crippen molar-refractivity contribution in [3.05, 3.63) is 59.7 Å². The van der Waals surface area contributed by atoms with Crippen molar-refractivity contribution >= 4 is 5.69 Å². The maximum absolute atomic E-state index is 6.08. The zero-order valence-electron chi connectivity index (χ0n) is 10.3. The van der Waals surface area contributed by atoms with Gasteiger partial charge in [-0.05, 0) is 54.7 Å². The Kier molecular flexibility index (Phi) is 2.93. The summed E-state index contributed by atoms with van der Waals surface area (Å²) in [7, 11) is 0. The largest absolute Gasteiger partial charge is 0.486 e. The Bertz CT molecular complexity index is 533. The number of fused-ring (bicyclic) bond motifs is 1. The fourth-order valence-electron chi connectivity index (χ4n) is 2.54. The molecule has 0 radical (unpaired) electrons. The van der Waals surface area contributed by atoms with Gasteiger partial charge in [0.2, 0.25) is 0 Å². The van der Waals surface area contributed by atoms with Gasteiger partial charge in [0.05, 0.1) is 0 Å². The number of nitrogen functional groups attached to an aromatic ring is 1. The smallest absolute Gasteiger partial charge is 0.124 e. The molecule has 2 aromatic carbocycles. The van der Waals surface area contributed by atoms with E-state index in [2.05, 4.69) is 24.3 Å². The molecule has 0 saturated heterocycles. The zero-order valence-corrected chi connectivity index (χ0v) is 10.3. The molecule has 2 heteroatoms. The SMILES string of the molecule is Nc1ccc(OC2CCCc3ccccc32)cc1. The fourth-order valence-corrected chi connectivity index (χ4v) is 2.54. The molecule has 1 unspecified atom stereocenters. The molecule has 0 saturated carbocycles. The molecule has 0 fully saturated rings. The van der Waals surface area contributed by atoms with Crippen LogP contribution in [0.3, 0.4) is 0 Å². The van der Waals surface area contributed by atoms with Crippen LogP contribution in [0.1, 0.15) is 30.1 Å². The van der Waals surface area contributed by atoms with Crippen molar-refractivity contribution in [1.82, 2.24) is 0 Å². The molecule has 0 aromatic heterocycles. The maximum Gasteiger partial charge on any atom is 0.124 e. The monoisotopic (exact) mass is 239 g/mol. The third-order valence-electron chi connectivity index (χ3n) is 3.47. The molecule has 0 aliphatic heterocycles. The number of hydrogen-bond donors (Lipinski definition) is 1. The average molecular weight is 239 g/mol. The van der Waals surface area contributed by atoms with Gasteiger partial charge in [-0.1, -0.05) is 24.3 Å². The number of benzene rings is 2. The minimum absolute atomic E-state index is 0.179. The molecule has 3 rings (SSSR count). The van der Waals surface area contributed by atoms with Crippen LogP contribution in [-0.2, 0) is 6.42 Å². The van der Waals surface area contributed by atoms with Crippen LogP contribution < -0.4 is 10.5 Å². The molecule has 2 N–H and O–H groups in total. The van der Waals surface area contributed by atoms with E-state index in [0.717, 1.165) is 24.3 Å². The Hall–Kier alpha value is -1.96. The highest BCUT2D eigenvalue weighted by Crippen LogP contribution is 2.33. The van der Waals surface area contributed by atoms with Crippen LogP contribution in [0.25, 0.3) is 0 Å². The first kappa shape index (κ1) is 11.1. The van der Waals surface area contributed by atoms with E-state index in [1.165, 1.54) is 17.5 Å². The van der Waals surface area contributed by atoms with Crippen LogP contribution >= 0.6 is 0 Å². The van der Waals surface area contributed by atoms with Crippen molar-refractivity contribution < 1.29 is 4.74 Å². The first-order chi connectivity index (χ1) is 8.83. The molecular formula is C16H17NO. The van der Waals surface area contributed by atoms with Crippen molar-refractivity contribution in [1.29, 1.82) is 0 Å². The van der Waals surface area contributed by atoms with Crippen LogP contribution in [0.4, 0.5) is 5.69 Å². The summed E-state index contributed by atoms with van der Waals surface area (Å²) in [5.41, 5.74) is 9.21. The predicted molar refractivity (Wildman–Crippen MR) is 73.6 cm³/mol. The molecule has 18 heavy (non-hydrogen) atoms. The average Bonchev–Trinajstić information content (AvgIpc) is 2.42. The van der Waals surface area contributed by atoms with Crippen molar-refractivity contribution in [2.24, 2.45) is 0 Å². The number of ether oxygens (including phenoxy) is 1. The van der Waals surface area contributed by atoms with E-state index < -0.39 is 0 Å². The molecule has 1 aliphatic rings. The summed E-state index contributed by atoms with van der Waals surface area (Å²) in [5.74, 6) is 0.894. The predicted octanol–water partition coefficient (Wildman–Crippen LogP) is 3.73. The zero-order chi connectivity index (χ0) is 12.4. The van der Waals surface area contributed by atoms with Crippen LogP contribution in [0.5, 0.6) is 5.75 Å². The lowest BCUT2D eigenvalue weighted by atomic mass is 9.89. The van der Waals surface area contributed by atoms with Crippen molar-refractivity contribution in [2.75, 3.05) is 5.73 Å². The molecule has 0 bridgehead atoms. The highest BCUT2D eigenvalue weighted by Gasteiger charge is 2.20. The molecule has 0 spiro atoms. The molecule has 92 valence electrons. The lowest BCUT2D eigenvalue weighted by Gasteiger charge is -2.26. The van der Waals surface area contributed by atoms with E-state index in [1.807, 2.05) is 24.3 Å². The summed E-state index contributed by atoms with van der Waals surface area (Å²) in [4.78, 5) is 0. The van der Waals surface area contributed by atoms with Gasteiger partial charge >= 0.3 is 0 Å². The van der Waals surface area contributed by atoms with Gasteiger partial charge in [-0.25, -0.2) is 0 Å². The molecular weight excluding hydrogens is 222 g/mol. The third-order valence-corrected chi connectivity index (χ3v) is 3.47. The third kappa shape index (κ3) is 2.19. The van der Waals surface area contributed by atoms with Gasteiger partial charge in [0.25, 0.3) is 0 Å². The molecule has 2 nitrogen and oxygen atoms in total. The second-order valence-electron chi connectivity index (χ2n) is 4.77. The van der Waals surface area contributed by atoms with Gasteiger partial charge in [-0.15, -0.1) is 0 Å². The van der Waals surface area contributed by atoms with E-state index in [1.54, 1.807) is 0 Å². The van der Waals surface area contributed by atoms with Crippen LogP contribution in [0.2, 0.25) is 0 Å². The lowest BCUT2D eigenvalue weighted by Crippen LogP contribution is -2.15. The Morgan fingerprint density at radius 1 is 1.00 bits per heavy atom.